The summed E-state index contributed by atoms with van der Waals surface area (Å²) in [5.74, 6) is 1.51. The maximum absolute atomic E-state index is 11.9. The van der Waals surface area contributed by atoms with Crippen LogP contribution in [0.4, 0.5) is 0 Å². The quantitative estimate of drug-likeness (QED) is 0.485. The third kappa shape index (κ3) is 2.13. The molecule has 1 saturated heterocycles. The van der Waals surface area contributed by atoms with Crippen molar-refractivity contribution in [2.45, 2.75) is 64.9 Å². The number of carbonyl (C=O) groups is 1. The number of fused-ring (bicyclic) bond motifs is 3. The van der Waals surface area contributed by atoms with E-state index in [1.165, 1.54) is 38.5 Å². The van der Waals surface area contributed by atoms with Gasteiger partial charge in [-0.1, -0.05) is 33.3 Å². The molecule has 0 amide bonds. The van der Waals surface area contributed by atoms with Crippen molar-refractivity contribution < 1.29 is 9.53 Å². The summed E-state index contributed by atoms with van der Waals surface area (Å²) >= 11 is 0. The highest BCUT2D eigenvalue weighted by atomic mass is 16.6. The van der Waals surface area contributed by atoms with Crippen LogP contribution in [0.15, 0.2) is 12.2 Å². The highest BCUT2D eigenvalue weighted by Gasteiger charge is 2.53. The minimum absolute atomic E-state index is 0.129. The van der Waals surface area contributed by atoms with E-state index in [1.54, 1.807) is 0 Å². The van der Waals surface area contributed by atoms with E-state index >= 15 is 0 Å². The molecule has 0 aromatic heterocycles. The molecule has 3 aliphatic rings. The Morgan fingerprint density at radius 1 is 1.21 bits per heavy atom. The van der Waals surface area contributed by atoms with Gasteiger partial charge < -0.3 is 4.74 Å². The minimum atomic E-state index is -0.129. The van der Waals surface area contributed by atoms with Crippen LogP contribution in [0, 0.1) is 23.2 Å². The maximum atomic E-state index is 11.9. The van der Waals surface area contributed by atoms with Crippen LogP contribution in [-0.2, 0) is 9.53 Å². The van der Waals surface area contributed by atoms with E-state index in [4.69, 9.17) is 4.74 Å². The van der Waals surface area contributed by atoms with Crippen molar-refractivity contribution in [3.05, 3.63) is 12.2 Å². The fourth-order valence-corrected chi connectivity index (χ4v) is 4.47. The molecule has 0 spiro atoms. The number of carbonyl (C=O) groups excluding carboxylic acids is 1. The summed E-state index contributed by atoms with van der Waals surface area (Å²) in [7, 11) is 0. The van der Waals surface area contributed by atoms with Gasteiger partial charge in [-0.3, -0.25) is 0 Å². The molecule has 5 atom stereocenters. The average molecular weight is 262 g/mol. The van der Waals surface area contributed by atoms with Crippen molar-refractivity contribution in [2.75, 3.05) is 0 Å². The molecular weight excluding hydrogens is 236 g/mol. The summed E-state index contributed by atoms with van der Waals surface area (Å²) in [6, 6.07) is 0. The molecule has 2 aliphatic carbocycles. The molecule has 0 bridgehead atoms. The zero-order valence-electron chi connectivity index (χ0n) is 12.3. The molecular formula is C17H26O2. The summed E-state index contributed by atoms with van der Waals surface area (Å²) in [5, 5.41) is 0. The van der Waals surface area contributed by atoms with Gasteiger partial charge in [-0.15, -0.1) is 0 Å². The Morgan fingerprint density at radius 3 is 2.68 bits per heavy atom. The lowest BCUT2D eigenvalue weighted by molar-refractivity contribution is -0.149. The zero-order chi connectivity index (χ0) is 13.6. The Bertz CT molecular complexity index is 400. The summed E-state index contributed by atoms with van der Waals surface area (Å²) in [6.07, 6.45) is 8.93. The molecule has 106 valence electrons. The molecule has 2 heteroatoms. The Morgan fingerprint density at radius 2 is 2.00 bits per heavy atom. The minimum Gasteiger partial charge on any atom is -0.458 e. The predicted octanol–water partition coefficient (Wildman–Crippen LogP) is 4.10. The lowest BCUT2D eigenvalue weighted by Crippen LogP contribution is -2.47. The Balaban J connectivity index is 1.85. The molecule has 0 radical (unpaired) electrons. The summed E-state index contributed by atoms with van der Waals surface area (Å²) in [5.41, 5.74) is 1.15. The number of ether oxygens (including phenoxy) is 1. The summed E-state index contributed by atoms with van der Waals surface area (Å²) < 4.78 is 5.71. The Kier molecular flexibility index (Phi) is 3.23. The summed E-state index contributed by atoms with van der Waals surface area (Å²) in [4.78, 5) is 11.9. The fourth-order valence-electron chi connectivity index (χ4n) is 4.47. The molecule has 19 heavy (non-hydrogen) atoms. The van der Waals surface area contributed by atoms with Crippen LogP contribution < -0.4 is 0 Å². The first-order valence-corrected chi connectivity index (χ1v) is 7.91. The molecule has 3 rings (SSSR count). The Hall–Kier alpha value is -0.790. The van der Waals surface area contributed by atoms with Gasteiger partial charge in [-0.2, -0.15) is 0 Å². The lowest BCUT2D eigenvalue weighted by atomic mass is 9.55. The van der Waals surface area contributed by atoms with Gasteiger partial charge >= 0.3 is 5.97 Å². The second-order valence-electron chi connectivity index (χ2n) is 7.38. The summed E-state index contributed by atoms with van der Waals surface area (Å²) in [6.45, 7) is 8.75. The lowest BCUT2D eigenvalue weighted by Gasteiger charge is -2.51. The van der Waals surface area contributed by atoms with Crippen LogP contribution in [0.25, 0.3) is 0 Å². The molecule has 0 N–H and O–H groups in total. The second kappa shape index (κ2) is 4.64. The molecule has 0 aromatic rings. The van der Waals surface area contributed by atoms with E-state index in [-0.39, 0.29) is 18.0 Å². The first-order valence-electron chi connectivity index (χ1n) is 7.91. The zero-order valence-corrected chi connectivity index (χ0v) is 12.3. The monoisotopic (exact) mass is 262 g/mol. The number of hydrogen-bond donors (Lipinski definition) is 0. The SMILES string of the molecule is C=C1C(=O)OC2C1CCC(C)CCCC1(C)CCC21. The van der Waals surface area contributed by atoms with Gasteiger partial charge in [-0.05, 0) is 43.4 Å². The highest BCUT2D eigenvalue weighted by molar-refractivity contribution is 5.90. The molecule has 1 heterocycles. The standard InChI is InChI=1S/C17H26O2/c1-11-5-4-9-17(3)10-8-14(17)15-13(7-6-11)12(2)16(18)19-15/h11,13-15H,2,4-10H2,1,3H3. The van der Waals surface area contributed by atoms with Crippen LogP contribution in [0.2, 0.25) is 0 Å². The van der Waals surface area contributed by atoms with Crippen molar-refractivity contribution in [3.8, 4) is 0 Å². The molecule has 3 fully saturated rings. The van der Waals surface area contributed by atoms with E-state index in [0.29, 0.717) is 11.3 Å². The first kappa shape index (κ1) is 13.2. The smallest absolute Gasteiger partial charge is 0.334 e. The van der Waals surface area contributed by atoms with Crippen molar-refractivity contribution in [1.82, 2.24) is 0 Å². The van der Waals surface area contributed by atoms with Crippen molar-refractivity contribution >= 4 is 5.97 Å². The maximum Gasteiger partial charge on any atom is 0.334 e. The van der Waals surface area contributed by atoms with Crippen molar-refractivity contribution in [1.29, 1.82) is 0 Å². The van der Waals surface area contributed by atoms with E-state index in [1.807, 2.05) is 0 Å². The van der Waals surface area contributed by atoms with Gasteiger partial charge in [0.2, 0.25) is 0 Å². The van der Waals surface area contributed by atoms with Crippen molar-refractivity contribution in [3.63, 3.8) is 0 Å². The van der Waals surface area contributed by atoms with E-state index < -0.39 is 0 Å². The molecule has 5 unspecified atom stereocenters. The number of rotatable bonds is 0. The molecule has 1 aliphatic heterocycles. The topological polar surface area (TPSA) is 26.3 Å². The van der Waals surface area contributed by atoms with Crippen LogP contribution in [0.3, 0.4) is 0 Å². The third-order valence-electron chi connectivity index (χ3n) is 6.08. The number of esters is 1. The van der Waals surface area contributed by atoms with Crippen LogP contribution >= 0.6 is 0 Å². The predicted molar refractivity (Wildman–Crippen MR) is 75.6 cm³/mol. The largest absolute Gasteiger partial charge is 0.458 e. The van der Waals surface area contributed by atoms with Crippen LogP contribution in [0.1, 0.15) is 58.8 Å². The molecule has 2 nitrogen and oxygen atoms in total. The van der Waals surface area contributed by atoms with Crippen LogP contribution in [-0.4, -0.2) is 12.1 Å². The Labute approximate surface area is 116 Å². The highest BCUT2D eigenvalue weighted by Crippen LogP contribution is 2.56. The number of hydrogen-bond acceptors (Lipinski definition) is 2. The second-order valence-corrected chi connectivity index (χ2v) is 7.38. The fraction of sp³-hybridized carbons (Fsp3) is 0.824. The van der Waals surface area contributed by atoms with Gasteiger partial charge in [0, 0.05) is 17.4 Å². The van der Waals surface area contributed by atoms with Gasteiger partial charge in [0.15, 0.2) is 0 Å². The molecule has 2 saturated carbocycles. The first-order chi connectivity index (χ1) is 9.01. The normalized spacial score (nSPS) is 46.8. The van der Waals surface area contributed by atoms with Crippen LogP contribution in [0.5, 0.6) is 0 Å². The van der Waals surface area contributed by atoms with E-state index in [9.17, 15) is 4.79 Å². The van der Waals surface area contributed by atoms with Crippen molar-refractivity contribution in [2.24, 2.45) is 23.2 Å². The van der Waals surface area contributed by atoms with E-state index in [2.05, 4.69) is 20.4 Å². The van der Waals surface area contributed by atoms with Gasteiger partial charge in [-0.25, -0.2) is 4.79 Å². The van der Waals surface area contributed by atoms with Gasteiger partial charge in [0.05, 0.1) is 0 Å². The van der Waals surface area contributed by atoms with E-state index in [0.717, 1.165) is 17.9 Å². The third-order valence-corrected chi connectivity index (χ3v) is 6.08. The van der Waals surface area contributed by atoms with Gasteiger partial charge in [0.1, 0.15) is 6.10 Å². The molecule has 0 aromatic carbocycles. The van der Waals surface area contributed by atoms with Gasteiger partial charge in [0.25, 0.3) is 0 Å². The average Bonchev–Trinajstić information content (AvgIpc) is 2.61.